The first kappa shape index (κ1) is 11.9. The Hall–Kier alpha value is -2.17. The summed E-state index contributed by atoms with van der Waals surface area (Å²) in [6.45, 7) is 0.435. The summed E-state index contributed by atoms with van der Waals surface area (Å²) in [4.78, 5) is 0. The third kappa shape index (κ3) is 2.23. The monoisotopic (exact) mass is 265 g/mol. The minimum Gasteiger partial charge on any atom is -0.455 e. The van der Waals surface area contributed by atoms with Crippen molar-refractivity contribution in [2.45, 2.75) is 12.7 Å². The molecule has 5 heteroatoms. The molecule has 0 spiro atoms. The summed E-state index contributed by atoms with van der Waals surface area (Å²) < 4.78 is 43.6. The Balaban J connectivity index is 2.02. The van der Waals surface area contributed by atoms with E-state index in [1.54, 1.807) is 6.07 Å². The van der Waals surface area contributed by atoms with Gasteiger partial charge in [-0.25, -0.2) is 0 Å². The van der Waals surface area contributed by atoms with E-state index < -0.39 is 11.7 Å². The van der Waals surface area contributed by atoms with E-state index in [0.717, 1.165) is 17.7 Å². The van der Waals surface area contributed by atoms with E-state index in [0.29, 0.717) is 23.7 Å². The number of fused-ring (bicyclic) bond motifs is 2. The highest BCUT2D eigenvalue weighted by atomic mass is 19.4. The predicted octanol–water partition coefficient (Wildman–Crippen LogP) is 4.42. The maximum absolute atomic E-state index is 12.7. The van der Waals surface area contributed by atoms with Crippen molar-refractivity contribution in [2.24, 2.45) is 0 Å². The van der Waals surface area contributed by atoms with E-state index in [9.17, 15) is 13.2 Å². The second-order valence-corrected chi connectivity index (χ2v) is 4.27. The van der Waals surface area contributed by atoms with Crippen molar-refractivity contribution < 1.29 is 17.9 Å². The number of benzene rings is 2. The van der Waals surface area contributed by atoms with Crippen LogP contribution in [-0.2, 0) is 12.7 Å². The lowest BCUT2D eigenvalue weighted by atomic mass is 10.1. The fourth-order valence-electron chi connectivity index (χ4n) is 1.99. The Morgan fingerprint density at radius 3 is 2.58 bits per heavy atom. The van der Waals surface area contributed by atoms with Crippen LogP contribution in [0.25, 0.3) is 0 Å². The van der Waals surface area contributed by atoms with E-state index in [-0.39, 0.29) is 0 Å². The van der Waals surface area contributed by atoms with E-state index >= 15 is 0 Å². The smallest absolute Gasteiger partial charge is 0.416 e. The van der Waals surface area contributed by atoms with Gasteiger partial charge in [0.2, 0.25) is 0 Å². The normalized spacial score (nSPS) is 13.6. The lowest BCUT2D eigenvalue weighted by Gasteiger charge is -2.12. The summed E-state index contributed by atoms with van der Waals surface area (Å²) in [5.74, 6) is 1.06. The van der Waals surface area contributed by atoms with Crippen LogP contribution in [0, 0.1) is 0 Å². The number of ether oxygens (including phenoxy) is 1. The van der Waals surface area contributed by atoms with Gasteiger partial charge in [-0.3, -0.25) is 0 Å². The third-order valence-corrected chi connectivity index (χ3v) is 2.97. The zero-order valence-corrected chi connectivity index (χ0v) is 9.79. The van der Waals surface area contributed by atoms with Gasteiger partial charge in [0.05, 0.1) is 11.3 Å². The van der Waals surface area contributed by atoms with Crippen LogP contribution < -0.4 is 10.1 Å². The Morgan fingerprint density at radius 2 is 1.79 bits per heavy atom. The lowest BCUT2D eigenvalue weighted by Crippen LogP contribution is -2.06. The second kappa shape index (κ2) is 4.19. The summed E-state index contributed by atoms with van der Waals surface area (Å²) in [5.41, 5.74) is 0.576. The molecule has 0 bridgehead atoms. The van der Waals surface area contributed by atoms with E-state index in [1.165, 1.54) is 6.07 Å². The molecule has 2 aromatic rings. The zero-order chi connectivity index (χ0) is 13.5. The first-order chi connectivity index (χ1) is 9.04. The molecule has 0 fully saturated rings. The average Bonchev–Trinajstić information content (AvgIpc) is 2.55. The minimum atomic E-state index is -4.35. The van der Waals surface area contributed by atoms with Crippen LogP contribution in [0.4, 0.5) is 18.9 Å². The standard InChI is InChI=1S/C14H10F3NO/c15-14(16,17)10-5-6-13-11(7-10)18-8-9-3-1-2-4-12(9)19-13/h1-7,18H,8H2. The predicted molar refractivity (Wildman–Crippen MR) is 65.3 cm³/mol. The molecule has 1 N–H and O–H groups in total. The Kier molecular flexibility index (Phi) is 2.62. The van der Waals surface area contributed by atoms with Gasteiger partial charge in [0.25, 0.3) is 0 Å². The average molecular weight is 265 g/mol. The molecule has 0 saturated heterocycles. The van der Waals surface area contributed by atoms with Gasteiger partial charge in [0, 0.05) is 12.1 Å². The molecule has 0 atom stereocenters. The summed E-state index contributed by atoms with van der Waals surface area (Å²) >= 11 is 0. The lowest BCUT2D eigenvalue weighted by molar-refractivity contribution is -0.137. The summed E-state index contributed by atoms with van der Waals surface area (Å²) in [7, 11) is 0. The fraction of sp³-hybridized carbons (Fsp3) is 0.143. The number of rotatable bonds is 0. The van der Waals surface area contributed by atoms with Crippen LogP contribution in [0.15, 0.2) is 42.5 Å². The fourth-order valence-corrected chi connectivity index (χ4v) is 1.99. The number of hydrogen-bond acceptors (Lipinski definition) is 2. The molecule has 0 radical (unpaired) electrons. The van der Waals surface area contributed by atoms with Crippen molar-refractivity contribution in [3.05, 3.63) is 53.6 Å². The molecule has 19 heavy (non-hydrogen) atoms. The van der Waals surface area contributed by atoms with Crippen molar-refractivity contribution >= 4 is 5.69 Å². The van der Waals surface area contributed by atoms with Crippen LogP contribution in [0.2, 0.25) is 0 Å². The van der Waals surface area contributed by atoms with E-state index in [4.69, 9.17) is 4.74 Å². The summed E-state index contributed by atoms with van der Waals surface area (Å²) in [6, 6.07) is 10.8. The molecule has 0 aromatic heterocycles. The van der Waals surface area contributed by atoms with Gasteiger partial charge in [-0.15, -0.1) is 0 Å². The van der Waals surface area contributed by atoms with Gasteiger partial charge in [-0.05, 0) is 24.3 Å². The van der Waals surface area contributed by atoms with Crippen molar-refractivity contribution in [1.29, 1.82) is 0 Å². The Morgan fingerprint density at radius 1 is 1.00 bits per heavy atom. The van der Waals surface area contributed by atoms with Crippen LogP contribution in [0.3, 0.4) is 0 Å². The molecule has 0 saturated carbocycles. The van der Waals surface area contributed by atoms with E-state index in [2.05, 4.69) is 5.32 Å². The molecule has 0 unspecified atom stereocenters. The number of para-hydroxylation sites is 1. The van der Waals surface area contributed by atoms with Crippen LogP contribution in [0.1, 0.15) is 11.1 Å². The van der Waals surface area contributed by atoms with Gasteiger partial charge in [-0.1, -0.05) is 18.2 Å². The molecular weight excluding hydrogens is 255 g/mol. The van der Waals surface area contributed by atoms with Crippen LogP contribution >= 0.6 is 0 Å². The van der Waals surface area contributed by atoms with Gasteiger partial charge in [-0.2, -0.15) is 13.2 Å². The highest BCUT2D eigenvalue weighted by molar-refractivity contribution is 5.62. The molecule has 2 nitrogen and oxygen atoms in total. The first-order valence-electron chi connectivity index (χ1n) is 5.75. The van der Waals surface area contributed by atoms with Crippen LogP contribution in [-0.4, -0.2) is 0 Å². The molecule has 98 valence electrons. The maximum Gasteiger partial charge on any atom is 0.416 e. The number of halogens is 3. The Labute approximate surface area is 107 Å². The maximum atomic E-state index is 12.7. The number of alkyl halides is 3. The summed E-state index contributed by atoms with van der Waals surface area (Å²) in [6.07, 6.45) is -4.35. The minimum absolute atomic E-state index is 0.353. The van der Waals surface area contributed by atoms with Gasteiger partial charge in [0.15, 0.2) is 5.75 Å². The molecule has 2 aromatic carbocycles. The molecule has 3 rings (SSSR count). The van der Waals surface area contributed by atoms with Crippen LogP contribution in [0.5, 0.6) is 11.5 Å². The van der Waals surface area contributed by atoms with Gasteiger partial charge in [0.1, 0.15) is 5.75 Å². The Bertz CT molecular complexity index is 622. The quantitative estimate of drug-likeness (QED) is 0.761. The third-order valence-electron chi connectivity index (χ3n) is 2.97. The number of anilines is 1. The molecule has 1 aliphatic rings. The number of hydrogen-bond donors (Lipinski definition) is 1. The SMILES string of the molecule is FC(F)(F)c1ccc2c(c1)NCc1ccccc1O2. The first-order valence-corrected chi connectivity index (χ1v) is 5.75. The molecule has 0 aliphatic carbocycles. The van der Waals surface area contributed by atoms with Gasteiger partial charge < -0.3 is 10.1 Å². The van der Waals surface area contributed by atoms with Crippen molar-refractivity contribution in [2.75, 3.05) is 5.32 Å². The largest absolute Gasteiger partial charge is 0.455 e. The number of nitrogens with one attached hydrogen (secondary N) is 1. The van der Waals surface area contributed by atoms with Crippen molar-refractivity contribution in [3.63, 3.8) is 0 Å². The van der Waals surface area contributed by atoms with E-state index in [1.807, 2.05) is 18.2 Å². The second-order valence-electron chi connectivity index (χ2n) is 4.27. The van der Waals surface area contributed by atoms with Crippen molar-refractivity contribution in [3.8, 4) is 11.5 Å². The van der Waals surface area contributed by atoms with Crippen molar-refractivity contribution in [1.82, 2.24) is 0 Å². The molecule has 1 heterocycles. The topological polar surface area (TPSA) is 21.3 Å². The zero-order valence-electron chi connectivity index (χ0n) is 9.79. The van der Waals surface area contributed by atoms with Gasteiger partial charge >= 0.3 is 6.18 Å². The molecule has 1 aliphatic heterocycles. The highest BCUT2D eigenvalue weighted by Crippen LogP contribution is 2.39. The molecular formula is C14H10F3NO. The summed E-state index contributed by atoms with van der Waals surface area (Å²) in [5, 5.41) is 2.97. The molecule has 0 amide bonds. The highest BCUT2D eigenvalue weighted by Gasteiger charge is 2.31.